The minimum Gasteiger partial charge on any atom is -0.490 e. The molecular weight excluding hydrogens is 576 g/mol. The number of hydrogen-bond acceptors (Lipinski definition) is 8. The highest BCUT2D eigenvalue weighted by Gasteiger charge is 2.62. The summed E-state index contributed by atoms with van der Waals surface area (Å²) in [5, 5.41) is 2.27. The summed E-state index contributed by atoms with van der Waals surface area (Å²) in [5.74, 6) is -2.89. The number of rotatable bonds is 4. The lowest BCUT2D eigenvalue weighted by Gasteiger charge is -2.29. The maximum absolute atomic E-state index is 13.9. The Bertz CT molecular complexity index is 1440. The predicted octanol–water partition coefficient (Wildman–Crippen LogP) is 2.10. The number of hydrogen-bond donors (Lipinski definition) is 2. The van der Waals surface area contributed by atoms with Crippen LogP contribution in [0.15, 0.2) is 36.4 Å². The summed E-state index contributed by atoms with van der Waals surface area (Å²) in [6.45, 7) is 1.14. The summed E-state index contributed by atoms with van der Waals surface area (Å²) in [6.07, 6.45) is 6.41. The quantitative estimate of drug-likeness (QED) is 0.490. The number of benzene rings is 1. The van der Waals surface area contributed by atoms with Crippen molar-refractivity contribution >= 4 is 39.5 Å². The van der Waals surface area contributed by atoms with E-state index in [1.165, 1.54) is 4.90 Å². The van der Waals surface area contributed by atoms with Gasteiger partial charge in [-0.25, -0.2) is 13.2 Å². The van der Waals surface area contributed by atoms with Crippen molar-refractivity contribution in [3.8, 4) is 5.75 Å². The summed E-state index contributed by atoms with van der Waals surface area (Å²) < 4.78 is 38.9. The zero-order chi connectivity index (χ0) is 30.4. The summed E-state index contributed by atoms with van der Waals surface area (Å²) >= 11 is 0. The first kappa shape index (κ1) is 29.5. The number of carbonyl (C=O) groups is 4. The highest BCUT2D eigenvalue weighted by molar-refractivity contribution is 7.91. The van der Waals surface area contributed by atoms with Crippen molar-refractivity contribution in [3.05, 3.63) is 36.4 Å². The smallest absolute Gasteiger partial charge is 0.414 e. The van der Waals surface area contributed by atoms with Crippen LogP contribution in [-0.4, -0.2) is 80.8 Å². The molecule has 12 nitrogen and oxygen atoms in total. The van der Waals surface area contributed by atoms with Crippen LogP contribution in [-0.2, 0) is 29.1 Å². The molecule has 1 aromatic rings. The molecule has 0 radical (unpaired) electrons. The van der Waals surface area contributed by atoms with E-state index in [1.54, 1.807) is 30.1 Å². The minimum atomic E-state index is -3.82. The predicted molar refractivity (Wildman–Crippen MR) is 155 cm³/mol. The van der Waals surface area contributed by atoms with E-state index in [1.807, 2.05) is 18.2 Å². The fraction of sp³-hybridized carbons (Fsp3) is 0.600. The highest BCUT2D eigenvalue weighted by atomic mass is 32.2. The Kier molecular flexibility index (Phi) is 7.86. The maximum atomic E-state index is 13.9. The van der Waals surface area contributed by atoms with Gasteiger partial charge in [0.25, 0.3) is 5.91 Å². The Hall–Kier alpha value is -3.61. The number of sulfonamides is 1. The molecule has 2 heterocycles. The van der Waals surface area contributed by atoms with E-state index in [4.69, 9.17) is 9.47 Å². The van der Waals surface area contributed by atoms with Crippen molar-refractivity contribution in [2.45, 2.75) is 68.3 Å². The van der Waals surface area contributed by atoms with Crippen LogP contribution in [0.5, 0.6) is 5.75 Å². The lowest BCUT2D eigenvalue weighted by molar-refractivity contribution is -0.140. The van der Waals surface area contributed by atoms with E-state index in [-0.39, 0.29) is 31.1 Å². The molecule has 5 aliphatic rings. The Morgan fingerprint density at radius 2 is 1.86 bits per heavy atom. The highest BCUT2D eigenvalue weighted by Crippen LogP contribution is 2.47. The molecule has 0 aromatic heterocycles. The number of ether oxygens (including phenoxy) is 2. The SMILES string of the molecule is CN1CCCCC=C[C@@H]2C[C@@]2(C(=O)NS(=O)(=O)C2CC2)NC(=O)[C@@H]2C[C@@H](OC(=O)N3CCOc4ccccc43)C[C@H]2C1=O. The van der Waals surface area contributed by atoms with Crippen LogP contribution >= 0.6 is 0 Å². The summed E-state index contributed by atoms with van der Waals surface area (Å²) in [6, 6.07) is 7.15. The third-order valence-electron chi connectivity index (χ3n) is 9.21. The number of para-hydroxylation sites is 2. The fourth-order valence-corrected chi connectivity index (χ4v) is 7.82. The Morgan fingerprint density at radius 3 is 2.65 bits per heavy atom. The normalized spacial score (nSPS) is 31.0. The molecule has 0 bridgehead atoms. The molecule has 0 unspecified atom stereocenters. The van der Waals surface area contributed by atoms with Crippen molar-refractivity contribution in [2.24, 2.45) is 17.8 Å². The zero-order valence-corrected chi connectivity index (χ0v) is 25.0. The molecule has 2 aliphatic heterocycles. The van der Waals surface area contributed by atoms with Gasteiger partial charge in [-0.1, -0.05) is 24.3 Å². The molecule has 4 amide bonds. The van der Waals surface area contributed by atoms with Crippen molar-refractivity contribution < 1.29 is 37.1 Å². The van der Waals surface area contributed by atoms with Gasteiger partial charge < -0.3 is 19.7 Å². The van der Waals surface area contributed by atoms with Gasteiger partial charge in [0.05, 0.1) is 29.3 Å². The Labute approximate surface area is 251 Å². The van der Waals surface area contributed by atoms with E-state index >= 15 is 0 Å². The van der Waals surface area contributed by atoms with Gasteiger partial charge in [0.1, 0.15) is 24.0 Å². The monoisotopic (exact) mass is 614 g/mol. The molecule has 232 valence electrons. The van der Waals surface area contributed by atoms with Crippen LogP contribution in [0, 0.1) is 17.8 Å². The number of amides is 4. The molecule has 5 atom stereocenters. The maximum Gasteiger partial charge on any atom is 0.414 e. The zero-order valence-electron chi connectivity index (χ0n) is 24.2. The molecule has 3 saturated carbocycles. The van der Waals surface area contributed by atoms with E-state index in [9.17, 15) is 27.6 Å². The van der Waals surface area contributed by atoms with Gasteiger partial charge in [0.15, 0.2) is 0 Å². The van der Waals surface area contributed by atoms with E-state index in [0.717, 1.165) is 19.3 Å². The molecule has 13 heteroatoms. The summed E-state index contributed by atoms with van der Waals surface area (Å²) in [4.78, 5) is 57.3. The van der Waals surface area contributed by atoms with Gasteiger partial charge in [0, 0.05) is 19.5 Å². The molecule has 2 N–H and O–H groups in total. The third-order valence-corrected chi connectivity index (χ3v) is 11.0. The molecule has 1 aromatic carbocycles. The Balaban J connectivity index is 1.22. The van der Waals surface area contributed by atoms with Gasteiger partial charge in [-0.3, -0.25) is 24.0 Å². The topological polar surface area (TPSA) is 151 Å². The molecule has 6 rings (SSSR count). The van der Waals surface area contributed by atoms with Crippen LogP contribution in [0.25, 0.3) is 0 Å². The molecule has 0 saturated heterocycles. The summed E-state index contributed by atoms with van der Waals surface area (Å²) in [5.41, 5.74) is -0.823. The van der Waals surface area contributed by atoms with Gasteiger partial charge in [0.2, 0.25) is 21.8 Å². The largest absolute Gasteiger partial charge is 0.490 e. The first-order chi connectivity index (χ1) is 20.6. The van der Waals surface area contributed by atoms with Gasteiger partial charge in [-0.2, -0.15) is 0 Å². The molecule has 0 spiro atoms. The van der Waals surface area contributed by atoms with E-state index in [2.05, 4.69) is 10.0 Å². The van der Waals surface area contributed by atoms with Crippen LogP contribution in [0.2, 0.25) is 0 Å². The van der Waals surface area contributed by atoms with Gasteiger partial charge in [-0.05, 0) is 63.5 Å². The molecule has 3 aliphatic carbocycles. The van der Waals surface area contributed by atoms with Crippen molar-refractivity contribution in [1.29, 1.82) is 0 Å². The average molecular weight is 615 g/mol. The first-order valence-corrected chi connectivity index (χ1v) is 16.6. The third kappa shape index (κ3) is 5.96. The van der Waals surface area contributed by atoms with Crippen LogP contribution in [0.1, 0.15) is 51.4 Å². The number of fused-ring (bicyclic) bond motifs is 3. The number of anilines is 1. The number of nitrogens with zero attached hydrogens (tertiary/aromatic N) is 2. The number of carbonyl (C=O) groups excluding carboxylic acids is 4. The van der Waals surface area contributed by atoms with Crippen LogP contribution in [0.3, 0.4) is 0 Å². The summed E-state index contributed by atoms with van der Waals surface area (Å²) in [7, 11) is -2.11. The second-order valence-corrected chi connectivity index (χ2v) is 14.2. The second kappa shape index (κ2) is 11.5. The molecular formula is C30H38N4O8S. The van der Waals surface area contributed by atoms with E-state index in [0.29, 0.717) is 44.0 Å². The van der Waals surface area contributed by atoms with Gasteiger partial charge >= 0.3 is 6.09 Å². The first-order valence-electron chi connectivity index (χ1n) is 15.1. The Morgan fingerprint density at radius 1 is 1.09 bits per heavy atom. The number of allylic oxidation sites excluding steroid dienone is 1. The van der Waals surface area contributed by atoms with Crippen molar-refractivity contribution in [3.63, 3.8) is 0 Å². The second-order valence-electron chi connectivity index (χ2n) is 12.3. The molecule has 3 fully saturated rings. The molecule has 43 heavy (non-hydrogen) atoms. The number of nitrogens with one attached hydrogen (secondary N) is 2. The standard InChI is InChI=1S/C30H38N4O8S/c1-33-13-7-3-2-4-8-19-18-30(19,28(37)32-43(39,40)21-11-12-21)31-26(35)22-16-20(17-23(22)27(33)36)42-29(38)34-14-15-41-25-10-6-5-9-24(25)34/h4-6,8-10,19-23H,2-3,7,11-18H2,1H3,(H,31,35)(H,32,37)/t19-,20-,22-,23-,30-/m1/s1. The van der Waals surface area contributed by atoms with Crippen molar-refractivity contribution in [1.82, 2.24) is 14.9 Å². The lowest BCUT2D eigenvalue weighted by atomic mass is 9.93. The van der Waals surface area contributed by atoms with E-state index < -0.39 is 56.7 Å². The fourth-order valence-electron chi connectivity index (χ4n) is 6.46. The van der Waals surface area contributed by atoms with Crippen LogP contribution in [0.4, 0.5) is 10.5 Å². The average Bonchev–Trinajstić information content (AvgIpc) is 3.91. The lowest BCUT2D eigenvalue weighted by Crippen LogP contribution is -2.54. The van der Waals surface area contributed by atoms with Crippen LogP contribution < -0.4 is 19.7 Å². The van der Waals surface area contributed by atoms with Gasteiger partial charge in [-0.15, -0.1) is 0 Å². The van der Waals surface area contributed by atoms with Crippen molar-refractivity contribution in [2.75, 3.05) is 31.6 Å². The minimum absolute atomic E-state index is 0.104.